The van der Waals surface area contributed by atoms with Crippen LogP contribution in [0.15, 0.2) is 24.3 Å². The third kappa shape index (κ3) is 6.97. The molecule has 1 saturated heterocycles. The van der Waals surface area contributed by atoms with E-state index in [0.717, 1.165) is 19.4 Å². The SMILES string of the molecule is Cl.O=C(CCCNC(=O)c1ccc(F)cc1)NCC1CCCN1. The number of hydrogen-bond acceptors (Lipinski definition) is 3. The summed E-state index contributed by atoms with van der Waals surface area (Å²) in [7, 11) is 0. The quantitative estimate of drug-likeness (QED) is 0.659. The van der Waals surface area contributed by atoms with Gasteiger partial charge in [-0.05, 0) is 50.1 Å². The van der Waals surface area contributed by atoms with Crippen molar-refractivity contribution in [3.63, 3.8) is 0 Å². The minimum absolute atomic E-state index is 0. The number of hydrogen-bond donors (Lipinski definition) is 3. The van der Waals surface area contributed by atoms with Crippen LogP contribution in [0, 0.1) is 5.82 Å². The highest BCUT2D eigenvalue weighted by Crippen LogP contribution is 2.04. The van der Waals surface area contributed by atoms with Gasteiger partial charge in [-0.2, -0.15) is 0 Å². The van der Waals surface area contributed by atoms with Crippen molar-refractivity contribution < 1.29 is 14.0 Å². The van der Waals surface area contributed by atoms with Crippen molar-refractivity contribution in [1.82, 2.24) is 16.0 Å². The maximum Gasteiger partial charge on any atom is 0.251 e. The third-order valence-corrected chi connectivity index (χ3v) is 3.68. The molecule has 7 heteroatoms. The van der Waals surface area contributed by atoms with Gasteiger partial charge in [0, 0.05) is 31.1 Å². The van der Waals surface area contributed by atoms with Crippen LogP contribution in [0.3, 0.4) is 0 Å². The van der Waals surface area contributed by atoms with Crippen LogP contribution in [0.4, 0.5) is 4.39 Å². The van der Waals surface area contributed by atoms with E-state index in [1.54, 1.807) is 0 Å². The molecule has 1 fully saturated rings. The van der Waals surface area contributed by atoms with Gasteiger partial charge in [0.2, 0.25) is 5.91 Å². The fourth-order valence-electron chi connectivity index (χ4n) is 2.41. The van der Waals surface area contributed by atoms with Crippen molar-refractivity contribution in [2.45, 2.75) is 31.7 Å². The Morgan fingerprint density at radius 3 is 2.61 bits per heavy atom. The highest BCUT2D eigenvalue weighted by molar-refractivity contribution is 5.94. The van der Waals surface area contributed by atoms with Crippen molar-refractivity contribution in [2.75, 3.05) is 19.6 Å². The average Bonchev–Trinajstić information content (AvgIpc) is 3.03. The molecule has 2 amide bonds. The molecule has 2 rings (SSSR count). The van der Waals surface area contributed by atoms with Crippen molar-refractivity contribution in [1.29, 1.82) is 0 Å². The Morgan fingerprint density at radius 2 is 1.96 bits per heavy atom. The fourth-order valence-corrected chi connectivity index (χ4v) is 2.41. The molecule has 128 valence electrons. The standard InChI is InChI=1S/C16H22FN3O2.ClH/c17-13-7-5-12(6-8-13)16(22)19-10-2-4-15(21)20-11-14-3-1-9-18-14;/h5-8,14,18H,1-4,9-11H2,(H,19,22)(H,20,21);1H. The van der Waals surface area contributed by atoms with Crippen molar-refractivity contribution in [3.8, 4) is 0 Å². The number of amides is 2. The Kier molecular flexibility index (Phi) is 8.58. The summed E-state index contributed by atoms with van der Waals surface area (Å²) >= 11 is 0. The lowest BCUT2D eigenvalue weighted by molar-refractivity contribution is -0.121. The molecule has 1 aliphatic rings. The zero-order valence-corrected chi connectivity index (χ0v) is 13.8. The number of carbonyl (C=O) groups is 2. The second-order valence-corrected chi connectivity index (χ2v) is 5.46. The molecule has 3 N–H and O–H groups in total. The summed E-state index contributed by atoms with van der Waals surface area (Å²) in [5.41, 5.74) is 0.415. The molecule has 1 atom stereocenters. The number of halogens is 2. The summed E-state index contributed by atoms with van der Waals surface area (Å²) in [6, 6.07) is 5.76. The van der Waals surface area contributed by atoms with E-state index in [4.69, 9.17) is 0 Å². The smallest absolute Gasteiger partial charge is 0.251 e. The molecule has 0 radical (unpaired) electrons. The van der Waals surface area contributed by atoms with E-state index >= 15 is 0 Å². The predicted octanol–water partition coefficient (Wildman–Crippen LogP) is 1.63. The number of carbonyl (C=O) groups excluding carboxylic acids is 2. The van der Waals surface area contributed by atoms with Crippen molar-refractivity contribution in [2.24, 2.45) is 0 Å². The van der Waals surface area contributed by atoms with Gasteiger partial charge in [-0.3, -0.25) is 9.59 Å². The van der Waals surface area contributed by atoms with E-state index in [2.05, 4.69) is 16.0 Å². The highest BCUT2D eigenvalue weighted by atomic mass is 35.5. The molecule has 0 aliphatic carbocycles. The predicted molar refractivity (Wildman–Crippen MR) is 89.2 cm³/mol. The minimum atomic E-state index is -0.370. The topological polar surface area (TPSA) is 70.2 Å². The second kappa shape index (κ2) is 10.2. The molecule has 0 spiro atoms. The van der Waals surface area contributed by atoms with Crippen LogP contribution in [0.25, 0.3) is 0 Å². The van der Waals surface area contributed by atoms with Crippen molar-refractivity contribution >= 4 is 24.2 Å². The van der Waals surface area contributed by atoms with E-state index in [0.29, 0.717) is 37.5 Å². The highest BCUT2D eigenvalue weighted by Gasteiger charge is 2.14. The Balaban J connectivity index is 0.00000264. The number of nitrogens with one attached hydrogen (secondary N) is 3. The normalized spacial score (nSPS) is 16.5. The van der Waals surface area contributed by atoms with E-state index in [9.17, 15) is 14.0 Å². The summed E-state index contributed by atoms with van der Waals surface area (Å²) in [5.74, 6) is -0.620. The Hall–Kier alpha value is -1.66. The largest absolute Gasteiger partial charge is 0.355 e. The van der Waals surface area contributed by atoms with Gasteiger partial charge in [0.25, 0.3) is 5.91 Å². The monoisotopic (exact) mass is 343 g/mol. The minimum Gasteiger partial charge on any atom is -0.355 e. The molecule has 1 aromatic carbocycles. The molecule has 1 unspecified atom stereocenters. The third-order valence-electron chi connectivity index (χ3n) is 3.68. The Bertz CT molecular complexity index is 505. The number of rotatable bonds is 7. The molecule has 0 aromatic heterocycles. The molecule has 23 heavy (non-hydrogen) atoms. The second-order valence-electron chi connectivity index (χ2n) is 5.46. The molecular formula is C16H23ClFN3O2. The molecule has 1 heterocycles. The molecule has 0 bridgehead atoms. The van der Waals surface area contributed by atoms with Gasteiger partial charge >= 0.3 is 0 Å². The van der Waals surface area contributed by atoms with Gasteiger partial charge in [0.15, 0.2) is 0 Å². The van der Waals surface area contributed by atoms with Gasteiger partial charge in [0.05, 0.1) is 0 Å². The first kappa shape index (κ1) is 19.4. The summed E-state index contributed by atoms with van der Waals surface area (Å²) < 4.78 is 12.7. The van der Waals surface area contributed by atoms with E-state index in [1.807, 2.05) is 0 Å². The Labute approximate surface area is 141 Å². The first-order chi connectivity index (χ1) is 10.6. The van der Waals surface area contributed by atoms with Crippen LogP contribution in [0.1, 0.15) is 36.0 Å². The van der Waals surface area contributed by atoms with Gasteiger partial charge in [-0.25, -0.2) is 4.39 Å². The van der Waals surface area contributed by atoms with Gasteiger partial charge < -0.3 is 16.0 Å². The van der Waals surface area contributed by atoms with Crippen LogP contribution in [-0.2, 0) is 4.79 Å². The molecule has 0 saturated carbocycles. The molecule has 1 aliphatic heterocycles. The van der Waals surface area contributed by atoms with Crippen LogP contribution < -0.4 is 16.0 Å². The summed E-state index contributed by atoms with van der Waals surface area (Å²) in [4.78, 5) is 23.4. The van der Waals surface area contributed by atoms with Crippen LogP contribution in [0.2, 0.25) is 0 Å². The fraction of sp³-hybridized carbons (Fsp3) is 0.500. The lowest BCUT2D eigenvalue weighted by Crippen LogP contribution is -2.37. The van der Waals surface area contributed by atoms with Gasteiger partial charge in [0.1, 0.15) is 5.82 Å². The molecule has 1 aromatic rings. The summed E-state index contributed by atoms with van der Waals surface area (Å²) in [6.07, 6.45) is 3.23. The molecule has 5 nitrogen and oxygen atoms in total. The first-order valence-electron chi connectivity index (χ1n) is 7.69. The summed E-state index contributed by atoms with van der Waals surface area (Å²) in [6.45, 7) is 2.11. The first-order valence-corrected chi connectivity index (χ1v) is 7.69. The van der Waals surface area contributed by atoms with E-state index in [1.165, 1.54) is 24.3 Å². The number of benzene rings is 1. The Morgan fingerprint density at radius 1 is 1.22 bits per heavy atom. The lowest BCUT2D eigenvalue weighted by atomic mass is 10.2. The van der Waals surface area contributed by atoms with E-state index in [-0.39, 0.29) is 30.0 Å². The van der Waals surface area contributed by atoms with E-state index < -0.39 is 0 Å². The maximum atomic E-state index is 12.7. The van der Waals surface area contributed by atoms with Crippen LogP contribution >= 0.6 is 12.4 Å². The molecular weight excluding hydrogens is 321 g/mol. The zero-order valence-electron chi connectivity index (χ0n) is 12.9. The van der Waals surface area contributed by atoms with Crippen molar-refractivity contribution in [3.05, 3.63) is 35.6 Å². The van der Waals surface area contributed by atoms with Gasteiger partial charge in [-0.15, -0.1) is 12.4 Å². The lowest BCUT2D eigenvalue weighted by Gasteiger charge is -2.11. The maximum absolute atomic E-state index is 12.7. The van der Waals surface area contributed by atoms with Gasteiger partial charge in [-0.1, -0.05) is 0 Å². The zero-order chi connectivity index (χ0) is 15.8. The van der Waals surface area contributed by atoms with Crippen LogP contribution in [-0.4, -0.2) is 37.5 Å². The van der Waals surface area contributed by atoms with Crippen LogP contribution in [0.5, 0.6) is 0 Å². The average molecular weight is 344 g/mol. The summed E-state index contributed by atoms with van der Waals surface area (Å²) in [5, 5.41) is 8.93.